The molecule has 0 aliphatic heterocycles. The summed E-state index contributed by atoms with van der Waals surface area (Å²) in [5.41, 5.74) is 1.79. The van der Waals surface area contributed by atoms with Crippen LogP contribution in [-0.2, 0) is 4.65 Å². The Morgan fingerprint density at radius 2 is 2.00 bits per heavy atom. The van der Waals surface area contributed by atoms with E-state index in [1.54, 1.807) is 20.8 Å². The first kappa shape index (κ1) is 14.0. The smallest absolute Gasteiger partial charge is 0.332 e. The van der Waals surface area contributed by atoms with E-state index in [4.69, 9.17) is 9.39 Å². The van der Waals surface area contributed by atoms with E-state index in [1.807, 2.05) is 13.0 Å². The highest BCUT2D eigenvalue weighted by Crippen LogP contribution is 2.19. The zero-order chi connectivity index (χ0) is 13.1. The van der Waals surface area contributed by atoms with Gasteiger partial charge in [-0.25, -0.2) is 4.98 Å². The van der Waals surface area contributed by atoms with Crippen LogP contribution in [0.5, 0.6) is 5.88 Å². The lowest BCUT2D eigenvalue weighted by Gasteiger charge is -2.30. The molecule has 1 radical (unpaired) electrons. The van der Waals surface area contributed by atoms with Gasteiger partial charge < -0.3 is 9.39 Å². The van der Waals surface area contributed by atoms with Crippen LogP contribution in [0.3, 0.4) is 0 Å². The van der Waals surface area contributed by atoms with Gasteiger partial charge in [-0.1, -0.05) is 19.9 Å². The Morgan fingerprint density at radius 3 is 2.47 bits per heavy atom. The van der Waals surface area contributed by atoms with Crippen LogP contribution in [0.2, 0.25) is 0 Å². The van der Waals surface area contributed by atoms with Gasteiger partial charge in [0.15, 0.2) is 0 Å². The molecule has 0 fully saturated rings. The summed E-state index contributed by atoms with van der Waals surface area (Å²) >= 11 is 0. The zero-order valence-corrected chi connectivity index (χ0v) is 11.6. The minimum atomic E-state index is -0.173. The van der Waals surface area contributed by atoms with Crippen molar-refractivity contribution >= 4 is 12.9 Å². The van der Waals surface area contributed by atoms with Crippen LogP contribution in [-0.4, -0.2) is 25.2 Å². The van der Waals surface area contributed by atoms with Gasteiger partial charge in [-0.15, -0.1) is 0 Å². The summed E-state index contributed by atoms with van der Waals surface area (Å²) in [6.07, 6.45) is 1.75. The summed E-state index contributed by atoms with van der Waals surface area (Å²) in [6, 6.07) is 2.00. The number of hydrogen-bond acceptors (Lipinski definition) is 3. The Labute approximate surface area is 105 Å². The predicted molar refractivity (Wildman–Crippen MR) is 70.9 cm³/mol. The first-order valence-electron chi connectivity index (χ1n) is 5.88. The Morgan fingerprint density at radius 1 is 1.35 bits per heavy atom. The molecule has 0 N–H and O–H groups in total. The van der Waals surface area contributed by atoms with E-state index in [0.717, 1.165) is 11.0 Å². The molecule has 1 aromatic rings. The third kappa shape index (κ3) is 3.74. The molecule has 1 aromatic heterocycles. The van der Waals surface area contributed by atoms with E-state index >= 15 is 0 Å². The van der Waals surface area contributed by atoms with Gasteiger partial charge in [0.25, 0.3) is 0 Å². The quantitative estimate of drug-likeness (QED) is 0.731. The molecule has 0 amide bonds. The molecule has 0 unspecified atom stereocenters. The van der Waals surface area contributed by atoms with Crippen LogP contribution in [0.25, 0.3) is 0 Å². The largest absolute Gasteiger partial charge is 0.481 e. The molecule has 0 bridgehead atoms. The molecule has 17 heavy (non-hydrogen) atoms. The van der Waals surface area contributed by atoms with Crippen molar-refractivity contribution < 1.29 is 9.39 Å². The Bertz CT molecular complexity index is 378. The van der Waals surface area contributed by atoms with Crippen LogP contribution in [0, 0.1) is 12.8 Å². The molecule has 0 aliphatic rings. The second-order valence-corrected chi connectivity index (χ2v) is 5.09. The number of methoxy groups -OCH3 is 1. The highest BCUT2D eigenvalue weighted by Gasteiger charge is 2.23. The van der Waals surface area contributed by atoms with E-state index in [0.29, 0.717) is 11.8 Å². The average molecular weight is 234 g/mol. The molecule has 1 rings (SSSR count). The van der Waals surface area contributed by atoms with Crippen LogP contribution in [0.4, 0.5) is 0 Å². The zero-order valence-electron chi connectivity index (χ0n) is 11.6. The molecular formula is C13H21BNO2. The van der Waals surface area contributed by atoms with Gasteiger partial charge in [0.1, 0.15) is 0 Å². The molecule has 0 spiro atoms. The van der Waals surface area contributed by atoms with E-state index in [-0.39, 0.29) is 5.60 Å². The summed E-state index contributed by atoms with van der Waals surface area (Å²) in [7, 11) is 3.39. The van der Waals surface area contributed by atoms with Crippen LogP contribution < -0.4 is 10.2 Å². The standard InChI is InChI=1S/C13H21BNO2/c1-9(2)13(4,5)17-14-11-7-10(3)12(16-6)15-8-11/h7-9H,1-6H3. The number of nitrogens with zero attached hydrogens (tertiary/aromatic N) is 1. The van der Waals surface area contributed by atoms with E-state index in [9.17, 15) is 0 Å². The SMILES string of the molecule is COc1ncc([B]OC(C)(C)C(C)C)cc1C. The lowest BCUT2D eigenvalue weighted by Crippen LogP contribution is -2.36. The molecule has 0 aliphatic carbocycles. The number of pyridine rings is 1. The fourth-order valence-electron chi connectivity index (χ4n) is 1.22. The molecule has 3 nitrogen and oxygen atoms in total. The highest BCUT2D eigenvalue weighted by molar-refractivity contribution is 6.46. The minimum Gasteiger partial charge on any atom is -0.481 e. The monoisotopic (exact) mass is 234 g/mol. The summed E-state index contributed by atoms with van der Waals surface area (Å²) in [5.74, 6) is 1.11. The summed E-state index contributed by atoms with van der Waals surface area (Å²) in [4.78, 5) is 4.21. The summed E-state index contributed by atoms with van der Waals surface area (Å²) in [6.45, 7) is 10.4. The number of ether oxygens (including phenoxy) is 1. The van der Waals surface area contributed by atoms with Crippen molar-refractivity contribution in [2.24, 2.45) is 5.92 Å². The minimum absolute atomic E-state index is 0.173. The van der Waals surface area contributed by atoms with Crippen LogP contribution >= 0.6 is 0 Å². The summed E-state index contributed by atoms with van der Waals surface area (Å²) in [5, 5.41) is 0. The topological polar surface area (TPSA) is 31.4 Å². The molecule has 93 valence electrons. The van der Waals surface area contributed by atoms with E-state index in [2.05, 4.69) is 32.7 Å². The highest BCUT2D eigenvalue weighted by atomic mass is 16.5. The molecule has 0 saturated heterocycles. The van der Waals surface area contributed by atoms with Gasteiger partial charge in [0, 0.05) is 17.4 Å². The van der Waals surface area contributed by atoms with Crippen molar-refractivity contribution in [3.05, 3.63) is 17.8 Å². The van der Waals surface area contributed by atoms with Gasteiger partial charge in [-0.2, -0.15) is 0 Å². The van der Waals surface area contributed by atoms with Gasteiger partial charge in [0.2, 0.25) is 5.88 Å². The van der Waals surface area contributed by atoms with Crippen LogP contribution in [0.1, 0.15) is 33.3 Å². The van der Waals surface area contributed by atoms with Crippen molar-refractivity contribution in [2.45, 2.75) is 40.2 Å². The molecule has 4 heteroatoms. The average Bonchev–Trinajstić information content (AvgIpc) is 2.26. The van der Waals surface area contributed by atoms with Gasteiger partial charge in [-0.3, -0.25) is 0 Å². The Kier molecular flexibility index (Phi) is 4.58. The van der Waals surface area contributed by atoms with Crippen molar-refractivity contribution in [3.63, 3.8) is 0 Å². The first-order valence-corrected chi connectivity index (χ1v) is 5.88. The molecule has 1 heterocycles. The lowest BCUT2D eigenvalue weighted by molar-refractivity contribution is 0.0668. The van der Waals surface area contributed by atoms with E-state index < -0.39 is 0 Å². The Hall–Kier alpha value is -1.03. The number of aromatic nitrogens is 1. The molecule has 0 atom stereocenters. The maximum Gasteiger partial charge on any atom is 0.332 e. The second-order valence-electron chi connectivity index (χ2n) is 5.09. The third-order valence-corrected chi connectivity index (χ3v) is 3.13. The van der Waals surface area contributed by atoms with Gasteiger partial charge in [-0.05, 0) is 32.2 Å². The van der Waals surface area contributed by atoms with Crippen molar-refractivity contribution in [3.8, 4) is 5.88 Å². The predicted octanol–water partition coefficient (Wildman–Crippen LogP) is 2.09. The van der Waals surface area contributed by atoms with Gasteiger partial charge >= 0.3 is 7.48 Å². The van der Waals surface area contributed by atoms with Crippen LogP contribution in [0.15, 0.2) is 12.3 Å². The number of aryl methyl sites for hydroxylation is 1. The maximum absolute atomic E-state index is 5.80. The summed E-state index contributed by atoms with van der Waals surface area (Å²) < 4.78 is 10.9. The van der Waals surface area contributed by atoms with E-state index in [1.165, 1.54) is 0 Å². The fourth-order valence-corrected chi connectivity index (χ4v) is 1.22. The number of rotatable bonds is 5. The van der Waals surface area contributed by atoms with Crippen molar-refractivity contribution in [2.75, 3.05) is 7.11 Å². The lowest BCUT2D eigenvalue weighted by atomic mass is 9.85. The molecule has 0 saturated carbocycles. The fraction of sp³-hybridized carbons (Fsp3) is 0.615. The van der Waals surface area contributed by atoms with Gasteiger partial charge in [0.05, 0.1) is 7.11 Å². The maximum atomic E-state index is 5.80. The Balaban J connectivity index is 2.67. The third-order valence-electron chi connectivity index (χ3n) is 3.13. The molecular weight excluding hydrogens is 213 g/mol. The van der Waals surface area contributed by atoms with Crippen molar-refractivity contribution in [1.29, 1.82) is 0 Å². The first-order chi connectivity index (χ1) is 7.86. The molecule has 0 aromatic carbocycles. The normalized spacial score (nSPS) is 11.7. The van der Waals surface area contributed by atoms with Crippen molar-refractivity contribution in [1.82, 2.24) is 4.98 Å². The number of hydrogen-bond donors (Lipinski definition) is 0. The second kappa shape index (κ2) is 5.54.